The number of rotatable bonds is 9. The van der Waals surface area contributed by atoms with Crippen LogP contribution in [0, 0.1) is 0 Å². The van der Waals surface area contributed by atoms with E-state index in [1.807, 2.05) is 42.5 Å². The topological polar surface area (TPSA) is 94.1 Å². The van der Waals surface area contributed by atoms with E-state index < -0.39 is 18.1 Å². The third-order valence-corrected chi connectivity index (χ3v) is 5.67. The van der Waals surface area contributed by atoms with Crippen molar-refractivity contribution in [1.82, 2.24) is 5.32 Å². The number of benzene rings is 3. The van der Waals surface area contributed by atoms with E-state index in [0.717, 1.165) is 22.3 Å². The van der Waals surface area contributed by atoms with Crippen LogP contribution >= 0.6 is 0 Å². The molecule has 0 spiro atoms. The second kappa shape index (κ2) is 10.1. The van der Waals surface area contributed by atoms with Crippen LogP contribution in [-0.4, -0.2) is 43.5 Å². The number of aliphatic carboxylic acids is 1. The largest absolute Gasteiger partial charge is 0.493 e. The van der Waals surface area contributed by atoms with E-state index in [4.69, 9.17) is 14.2 Å². The van der Waals surface area contributed by atoms with Crippen LogP contribution in [0.3, 0.4) is 0 Å². The van der Waals surface area contributed by atoms with E-state index in [9.17, 15) is 14.7 Å². The van der Waals surface area contributed by atoms with Crippen molar-refractivity contribution in [2.24, 2.45) is 0 Å². The molecule has 1 atom stereocenters. The van der Waals surface area contributed by atoms with Crippen molar-refractivity contribution in [2.45, 2.75) is 18.4 Å². The molecule has 33 heavy (non-hydrogen) atoms. The van der Waals surface area contributed by atoms with Crippen LogP contribution in [-0.2, 0) is 9.53 Å². The second-order valence-corrected chi connectivity index (χ2v) is 7.65. The molecule has 170 valence electrons. The maximum Gasteiger partial charge on any atom is 0.407 e. The van der Waals surface area contributed by atoms with Crippen molar-refractivity contribution in [3.05, 3.63) is 83.9 Å². The number of hydrogen-bond acceptors (Lipinski definition) is 5. The molecule has 1 aliphatic rings. The zero-order valence-electron chi connectivity index (χ0n) is 18.2. The molecule has 3 aromatic carbocycles. The normalized spacial score (nSPS) is 12.9. The van der Waals surface area contributed by atoms with Crippen molar-refractivity contribution in [1.29, 1.82) is 0 Å². The van der Waals surface area contributed by atoms with Crippen molar-refractivity contribution in [2.75, 3.05) is 20.3 Å². The van der Waals surface area contributed by atoms with Crippen LogP contribution in [0.1, 0.15) is 23.5 Å². The molecule has 4 rings (SSSR count). The minimum absolute atomic E-state index is 0.0670. The van der Waals surface area contributed by atoms with Crippen molar-refractivity contribution in [3.63, 3.8) is 0 Å². The quantitative estimate of drug-likeness (QED) is 0.503. The average Bonchev–Trinajstić information content (AvgIpc) is 3.16. The molecule has 0 aromatic heterocycles. The summed E-state index contributed by atoms with van der Waals surface area (Å²) in [6.45, 7) is 0.199. The van der Waals surface area contributed by atoms with Gasteiger partial charge in [-0.3, -0.25) is 0 Å². The van der Waals surface area contributed by atoms with Crippen molar-refractivity contribution in [3.8, 4) is 22.6 Å². The molecule has 0 radical (unpaired) electrons. The summed E-state index contributed by atoms with van der Waals surface area (Å²) in [5.74, 6) is -0.202. The Labute approximate surface area is 191 Å². The number of alkyl carbamates (subject to hydrolysis) is 1. The van der Waals surface area contributed by atoms with E-state index in [-0.39, 0.29) is 25.6 Å². The lowest BCUT2D eigenvalue weighted by atomic mass is 9.98. The Morgan fingerprint density at radius 2 is 1.48 bits per heavy atom. The van der Waals surface area contributed by atoms with Crippen LogP contribution in [0.15, 0.2) is 72.8 Å². The number of carboxylic acids is 1. The lowest BCUT2D eigenvalue weighted by Gasteiger charge is -2.18. The van der Waals surface area contributed by atoms with E-state index in [1.54, 1.807) is 18.2 Å². The number of carboxylic acid groups (broad SMARTS) is 1. The first-order valence-electron chi connectivity index (χ1n) is 10.7. The van der Waals surface area contributed by atoms with Crippen LogP contribution in [0.5, 0.6) is 11.5 Å². The molecule has 1 amide bonds. The molecule has 0 saturated carbocycles. The maximum atomic E-state index is 12.4. The predicted octanol–water partition coefficient (Wildman–Crippen LogP) is 4.46. The molecule has 0 fully saturated rings. The summed E-state index contributed by atoms with van der Waals surface area (Å²) in [5, 5.41) is 11.9. The van der Waals surface area contributed by atoms with E-state index in [2.05, 4.69) is 17.4 Å². The zero-order valence-corrected chi connectivity index (χ0v) is 18.2. The van der Waals surface area contributed by atoms with Gasteiger partial charge in [0, 0.05) is 12.3 Å². The van der Waals surface area contributed by atoms with Gasteiger partial charge in [-0.05, 0) is 34.4 Å². The zero-order chi connectivity index (χ0) is 23.2. The van der Waals surface area contributed by atoms with Gasteiger partial charge in [-0.2, -0.15) is 0 Å². The van der Waals surface area contributed by atoms with Crippen molar-refractivity contribution < 1.29 is 28.9 Å². The van der Waals surface area contributed by atoms with E-state index >= 15 is 0 Å². The number of hydrogen-bond donors (Lipinski definition) is 2. The summed E-state index contributed by atoms with van der Waals surface area (Å²) in [5.41, 5.74) is 4.43. The number of carbonyl (C=O) groups is 2. The highest BCUT2D eigenvalue weighted by atomic mass is 16.5. The predicted molar refractivity (Wildman–Crippen MR) is 123 cm³/mol. The number of amides is 1. The Hall–Kier alpha value is -4.00. The standard InChI is InChI=1S/C26H25NO6/c1-31-23-12-6-7-13-24(23)32-15-14-22(25(28)29)27-26(30)33-16-21-19-10-4-2-8-17(19)18-9-3-5-11-20(18)21/h2-13,21-22H,14-16H2,1H3,(H,27,30)(H,28,29)/t22-/m1/s1. The Balaban J connectivity index is 1.34. The Bertz CT molecular complexity index is 1100. The molecule has 7 nitrogen and oxygen atoms in total. The van der Waals surface area contributed by atoms with Crippen LogP contribution in [0.4, 0.5) is 4.79 Å². The monoisotopic (exact) mass is 447 g/mol. The minimum Gasteiger partial charge on any atom is -0.493 e. The minimum atomic E-state index is -1.16. The van der Waals surface area contributed by atoms with Gasteiger partial charge in [-0.25, -0.2) is 9.59 Å². The molecule has 0 unspecified atom stereocenters. The molecular weight excluding hydrogens is 422 g/mol. The van der Waals surface area contributed by atoms with E-state index in [1.165, 1.54) is 7.11 Å². The molecule has 0 heterocycles. The molecule has 0 aliphatic heterocycles. The van der Waals surface area contributed by atoms with Gasteiger partial charge in [0.2, 0.25) is 0 Å². The second-order valence-electron chi connectivity index (χ2n) is 7.65. The summed E-state index contributed by atoms with van der Waals surface area (Å²) >= 11 is 0. The number of nitrogens with one attached hydrogen (secondary N) is 1. The lowest BCUT2D eigenvalue weighted by molar-refractivity contribution is -0.139. The van der Waals surface area contributed by atoms with Crippen LogP contribution in [0.2, 0.25) is 0 Å². The van der Waals surface area contributed by atoms with Gasteiger partial charge in [-0.1, -0.05) is 60.7 Å². The van der Waals surface area contributed by atoms with Gasteiger partial charge in [0.05, 0.1) is 13.7 Å². The Morgan fingerprint density at radius 3 is 2.09 bits per heavy atom. The number of methoxy groups -OCH3 is 1. The molecule has 3 aromatic rings. The van der Waals surface area contributed by atoms with Gasteiger partial charge in [0.1, 0.15) is 12.6 Å². The molecule has 1 aliphatic carbocycles. The molecule has 0 saturated heterocycles. The summed E-state index contributed by atoms with van der Waals surface area (Å²) < 4.78 is 16.3. The fourth-order valence-electron chi connectivity index (χ4n) is 4.06. The first kappa shape index (κ1) is 22.2. The number of carbonyl (C=O) groups excluding carboxylic acids is 1. The number of ether oxygens (including phenoxy) is 3. The number of fused-ring (bicyclic) bond motifs is 3. The summed E-state index contributed by atoms with van der Waals surface area (Å²) in [7, 11) is 1.53. The molecule has 7 heteroatoms. The van der Waals surface area contributed by atoms with E-state index in [0.29, 0.717) is 11.5 Å². The van der Waals surface area contributed by atoms with Crippen LogP contribution < -0.4 is 14.8 Å². The molecule has 2 N–H and O–H groups in total. The third kappa shape index (κ3) is 4.92. The first-order valence-corrected chi connectivity index (χ1v) is 10.7. The SMILES string of the molecule is COc1ccccc1OCC[C@@H](NC(=O)OCC1c2ccccc2-c2ccccc21)C(=O)O. The van der Waals surface area contributed by atoms with Gasteiger partial charge < -0.3 is 24.6 Å². The fourth-order valence-corrected chi connectivity index (χ4v) is 4.06. The van der Waals surface area contributed by atoms with Gasteiger partial charge in [0.15, 0.2) is 11.5 Å². The van der Waals surface area contributed by atoms with Gasteiger partial charge in [-0.15, -0.1) is 0 Å². The molecular formula is C26H25NO6. The highest BCUT2D eigenvalue weighted by Gasteiger charge is 2.29. The Morgan fingerprint density at radius 1 is 0.909 bits per heavy atom. The lowest BCUT2D eigenvalue weighted by Crippen LogP contribution is -2.42. The third-order valence-electron chi connectivity index (χ3n) is 5.67. The average molecular weight is 447 g/mol. The molecule has 0 bridgehead atoms. The fraction of sp³-hybridized carbons (Fsp3) is 0.231. The maximum absolute atomic E-state index is 12.4. The number of para-hydroxylation sites is 2. The van der Waals surface area contributed by atoms with Crippen LogP contribution in [0.25, 0.3) is 11.1 Å². The van der Waals surface area contributed by atoms with Gasteiger partial charge >= 0.3 is 12.1 Å². The summed E-state index contributed by atoms with van der Waals surface area (Å²) in [6.07, 6.45) is -0.709. The first-order chi connectivity index (χ1) is 16.1. The van der Waals surface area contributed by atoms with Crippen molar-refractivity contribution >= 4 is 12.1 Å². The highest BCUT2D eigenvalue weighted by molar-refractivity contribution is 5.81. The smallest absolute Gasteiger partial charge is 0.407 e. The Kier molecular flexibility index (Phi) is 6.78. The van der Waals surface area contributed by atoms with Gasteiger partial charge in [0.25, 0.3) is 0 Å². The summed E-state index contributed by atoms with van der Waals surface area (Å²) in [4.78, 5) is 24.1. The summed E-state index contributed by atoms with van der Waals surface area (Å²) in [6, 6.07) is 22.0. The highest BCUT2D eigenvalue weighted by Crippen LogP contribution is 2.44.